The molecule has 0 atom stereocenters. The van der Waals surface area contributed by atoms with Gasteiger partial charge in [-0.15, -0.1) is 0 Å². The van der Waals surface area contributed by atoms with Crippen LogP contribution in [-0.2, 0) is 0 Å². The van der Waals surface area contributed by atoms with E-state index in [1.807, 2.05) is 6.07 Å². The van der Waals surface area contributed by atoms with Crippen LogP contribution in [0.3, 0.4) is 0 Å². The number of nitrogens with zero attached hydrogens (tertiary/aromatic N) is 3. The average molecular weight is 362 g/mol. The molecule has 3 rings (SSSR count). The first-order valence-corrected chi connectivity index (χ1v) is 7.52. The van der Waals surface area contributed by atoms with Crippen LogP contribution in [0.4, 0.5) is 0 Å². The lowest BCUT2D eigenvalue weighted by Crippen LogP contribution is -2.00. The smallest absolute Gasteiger partial charge is 0.338 e. The maximum absolute atomic E-state index is 11.2. The fourth-order valence-electron chi connectivity index (χ4n) is 1.80. The van der Waals surface area contributed by atoms with Crippen molar-refractivity contribution in [1.82, 2.24) is 15.0 Å². The van der Waals surface area contributed by atoms with E-state index in [1.165, 1.54) is 17.8 Å². The molecule has 0 aliphatic carbocycles. The summed E-state index contributed by atoms with van der Waals surface area (Å²) in [6, 6.07) is 6.80. The molecule has 0 bridgehead atoms. The molecule has 5 nitrogen and oxygen atoms in total. The predicted octanol–water partition coefficient (Wildman–Crippen LogP) is 3.64. The van der Waals surface area contributed by atoms with Gasteiger partial charge in [-0.3, -0.25) is 9.97 Å². The van der Waals surface area contributed by atoms with Crippen LogP contribution in [0.1, 0.15) is 10.4 Å². The van der Waals surface area contributed by atoms with Crippen molar-refractivity contribution in [2.45, 2.75) is 9.92 Å². The monoisotopic (exact) mass is 361 g/mol. The number of carbonyl (C=O) groups is 1. The zero-order valence-electron chi connectivity index (χ0n) is 10.5. The van der Waals surface area contributed by atoms with Crippen LogP contribution in [-0.4, -0.2) is 26.0 Å². The van der Waals surface area contributed by atoms with Crippen molar-refractivity contribution >= 4 is 44.7 Å². The standard InChI is InChI=1S/C14H8BrN3O2S/c15-8-6-10-12(18-7-8)11(3-5-16-10)21-13-9(14(19)20)2-1-4-17-13/h1-7H,(H,19,20). The fraction of sp³-hybridized carbons (Fsp3) is 0. The molecular formula is C14H8BrN3O2S. The van der Waals surface area contributed by atoms with Gasteiger partial charge in [-0.05, 0) is 40.2 Å². The van der Waals surface area contributed by atoms with Crippen molar-refractivity contribution in [3.8, 4) is 0 Å². The number of pyridine rings is 3. The summed E-state index contributed by atoms with van der Waals surface area (Å²) >= 11 is 4.62. The topological polar surface area (TPSA) is 76.0 Å². The number of aromatic nitrogens is 3. The molecule has 0 amide bonds. The highest BCUT2D eigenvalue weighted by molar-refractivity contribution is 9.10. The van der Waals surface area contributed by atoms with Crippen LogP contribution < -0.4 is 0 Å². The fourth-order valence-corrected chi connectivity index (χ4v) is 3.09. The molecule has 0 aromatic carbocycles. The number of aromatic carboxylic acids is 1. The normalized spacial score (nSPS) is 10.7. The van der Waals surface area contributed by atoms with Crippen LogP contribution in [0.25, 0.3) is 11.0 Å². The molecule has 0 fully saturated rings. The molecule has 0 aliphatic heterocycles. The highest BCUT2D eigenvalue weighted by Crippen LogP contribution is 2.32. The Bertz CT molecular complexity index is 841. The Balaban J connectivity index is 2.09. The first-order chi connectivity index (χ1) is 10.1. The number of carboxylic acids is 1. The molecule has 0 unspecified atom stereocenters. The summed E-state index contributed by atoms with van der Waals surface area (Å²) in [5.41, 5.74) is 1.62. The van der Waals surface area contributed by atoms with Crippen molar-refractivity contribution in [1.29, 1.82) is 0 Å². The van der Waals surface area contributed by atoms with Crippen LogP contribution in [0.2, 0.25) is 0 Å². The Kier molecular flexibility index (Phi) is 3.85. The van der Waals surface area contributed by atoms with Gasteiger partial charge in [0, 0.05) is 28.0 Å². The number of carboxylic acid groups (broad SMARTS) is 1. The number of fused-ring (bicyclic) bond motifs is 1. The number of hydrogen-bond acceptors (Lipinski definition) is 5. The Hall–Kier alpha value is -1.99. The third-order valence-electron chi connectivity index (χ3n) is 2.72. The minimum Gasteiger partial charge on any atom is -0.478 e. The molecule has 0 saturated carbocycles. The Morgan fingerprint density at radius 1 is 1.19 bits per heavy atom. The van der Waals surface area contributed by atoms with E-state index in [-0.39, 0.29) is 5.56 Å². The average Bonchev–Trinajstić information content (AvgIpc) is 2.47. The lowest BCUT2D eigenvalue weighted by molar-refractivity contribution is 0.0692. The number of rotatable bonds is 3. The molecule has 0 saturated heterocycles. The van der Waals surface area contributed by atoms with Crippen molar-refractivity contribution in [2.24, 2.45) is 0 Å². The Morgan fingerprint density at radius 2 is 2.05 bits per heavy atom. The van der Waals surface area contributed by atoms with Gasteiger partial charge in [-0.25, -0.2) is 9.78 Å². The maximum Gasteiger partial charge on any atom is 0.338 e. The molecule has 3 aromatic rings. The predicted molar refractivity (Wildman–Crippen MR) is 82.6 cm³/mol. The van der Waals surface area contributed by atoms with Crippen molar-refractivity contribution in [3.05, 3.63) is 52.9 Å². The van der Waals surface area contributed by atoms with Gasteiger partial charge in [0.1, 0.15) is 10.5 Å². The van der Waals surface area contributed by atoms with E-state index in [1.54, 1.807) is 30.7 Å². The summed E-state index contributed by atoms with van der Waals surface area (Å²) in [4.78, 5) is 24.8. The first kappa shape index (κ1) is 14.0. The zero-order valence-corrected chi connectivity index (χ0v) is 12.9. The molecular weight excluding hydrogens is 354 g/mol. The van der Waals surface area contributed by atoms with E-state index in [4.69, 9.17) is 0 Å². The molecule has 0 aliphatic rings. The van der Waals surface area contributed by atoms with E-state index < -0.39 is 5.97 Å². The quantitative estimate of drug-likeness (QED) is 0.767. The minimum absolute atomic E-state index is 0.171. The van der Waals surface area contributed by atoms with Gasteiger partial charge in [0.15, 0.2) is 0 Å². The summed E-state index contributed by atoms with van der Waals surface area (Å²) in [5, 5.41) is 9.64. The molecule has 0 spiro atoms. The third-order valence-corrected chi connectivity index (χ3v) is 4.22. The summed E-state index contributed by atoms with van der Waals surface area (Å²) < 4.78 is 0.841. The summed E-state index contributed by atoms with van der Waals surface area (Å²) in [7, 11) is 0. The van der Waals surface area contributed by atoms with E-state index in [0.29, 0.717) is 10.5 Å². The van der Waals surface area contributed by atoms with Gasteiger partial charge in [-0.1, -0.05) is 11.8 Å². The lowest BCUT2D eigenvalue weighted by Gasteiger charge is -2.06. The second-order valence-electron chi connectivity index (χ2n) is 4.09. The van der Waals surface area contributed by atoms with Crippen molar-refractivity contribution < 1.29 is 9.90 Å². The van der Waals surface area contributed by atoms with Gasteiger partial charge in [-0.2, -0.15) is 0 Å². The van der Waals surface area contributed by atoms with E-state index >= 15 is 0 Å². The van der Waals surface area contributed by atoms with Gasteiger partial charge >= 0.3 is 5.97 Å². The zero-order chi connectivity index (χ0) is 14.8. The van der Waals surface area contributed by atoms with Crippen LogP contribution in [0, 0.1) is 0 Å². The molecule has 3 aromatic heterocycles. The van der Waals surface area contributed by atoms with Crippen LogP contribution in [0.15, 0.2) is 57.3 Å². The Labute approximate surface area is 132 Å². The molecule has 21 heavy (non-hydrogen) atoms. The van der Waals surface area contributed by atoms with E-state index in [2.05, 4.69) is 30.9 Å². The van der Waals surface area contributed by atoms with E-state index in [9.17, 15) is 9.90 Å². The second-order valence-corrected chi connectivity index (χ2v) is 6.04. The second kappa shape index (κ2) is 5.79. The van der Waals surface area contributed by atoms with Gasteiger partial charge in [0.05, 0.1) is 11.1 Å². The number of halogens is 1. The van der Waals surface area contributed by atoms with Crippen molar-refractivity contribution in [3.63, 3.8) is 0 Å². The third kappa shape index (κ3) is 2.88. The summed E-state index contributed by atoms with van der Waals surface area (Å²) in [5.74, 6) is -1.00. The van der Waals surface area contributed by atoms with Crippen molar-refractivity contribution in [2.75, 3.05) is 0 Å². The molecule has 0 radical (unpaired) electrons. The molecule has 3 heterocycles. The largest absolute Gasteiger partial charge is 0.478 e. The first-order valence-electron chi connectivity index (χ1n) is 5.91. The highest BCUT2D eigenvalue weighted by Gasteiger charge is 2.14. The molecule has 7 heteroatoms. The SMILES string of the molecule is O=C(O)c1cccnc1Sc1ccnc2cc(Br)cnc12. The molecule has 1 N–H and O–H groups in total. The van der Waals surface area contributed by atoms with Gasteiger partial charge in [0.25, 0.3) is 0 Å². The number of hydrogen-bond donors (Lipinski definition) is 1. The molecule has 104 valence electrons. The summed E-state index contributed by atoms with van der Waals surface area (Å²) in [6.07, 6.45) is 4.93. The van der Waals surface area contributed by atoms with Crippen LogP contribution in [0.5, 0.6) is 0 Å². The highest BCUT2D eigenvalue weighted by atomic mass is 79.9. The van der Waals surface area contributed by atoms with E-state index in [0.717, 1.165) is 14.9 Å². The lowest BCUT2D eigenvalue weighted by atomic mass is 10.3. The van der Waals surface area contributed by atoms with Crippen LogP contribution >= 0.6 is 27.7 Å². The summed E-state index contributed by atoms with van der Waals surface area (Å²) in [6.45, 7) is 0. The Morgan fingerprint density at radius 3 is 2.86 bits per heavy atom. The maximum atomic E-state index is 11.2. The van der Waals surface area contributed by atoms with Gasteiger partial charge in [0.2, 0.25) is 0 Å². The minimum atomic E-state index is -1.00. The van der Waals surface area contributed by atoms with Gasteiger partial charge < -0.3 is 5.11 Å².